The van der Waals surface area contributed by atoms with Crippen molar-refractivity contribution in [3.8, 4) is 0 Å². The summed E-state index contributed by atoms with van der Waals surface area (Å²) in [4.78, 5) is 53.1. The maximum atomic E-state index is 13.4. The summed E-state index contributed by atoms with van der Waals surface area (Å²) in [6.45, 7) is -0.155. The van der Waals surface area contributed by atoms with Crippen LogP contribution in [0.4, 0.5) is 15.8 Å². The Hall–Kier alpha value is -4.15. The standard InChI is InChI=1S/C17H12FN5O5/c18-13-5-4-10(7-14(13)23(27)28)21-15(24)12-8-20-17(26)22(16(12)25)9-11-3-1-2-6-19-11/h1-8H,9H2,(H,20,26)(H,21,24). The van der Waals surface area contributed by atoms with E-state index in [9.17, 15) is 28.9 Å². The van der Waals surface area contributed by atoms with Crippen LogP contribution in [0.15, 0.2) is 58.4 Å². The van der Waals surface area contributed by atoms with Gasteiger partial charge in [0.2, 0.25) is 5.82 Å². The van der Waals surface area contributed by atoms with Gasteiger partial charge in [-0.15, -0.1) is 0 Å². The molecule has 0 unspecified atom stereocenters. The lowest BCUT2D eigenvalue weighted by atomic mass is 10.2. The number of halogens is 1. The lowest BCUT2D eigenvalue weighted by Crippen LogP contribution is -2.39. The summed E-state index contributed by atoms with van der Waals surface area (Å²) in [5.74, 6) is -1.98. The van der Waals surface area contributed by atoms with Crippen LogP contribution in [0.25, 0.3) is 0 Å². The predicted octanol–water partition coefficient (Wildman–Crippen LogP) is 1.28. The number of H-pyrrole nitrogens is 1. The zero-order chi connectivity index (χ0) is 20.3. The molecule has 10 nitrogen and oxygen atoms in total. The first kappa shape index (κ1) is 18.6. The molecule has 2 N–H and O–H groups in total. The number of nitro benzene ring substituents is 1. The highest BCUT2D eigenvalue weighted by Crippen LogP contribution is 2.21. The Labute approximate surface area is 155 Å². The molecular weight excluding hydrogens is 373 g/mol. The lowest BCUT2D eigenvalue weighted by molar-refractivity contribution is -0.387. The van der Waals surface area contributed by atoms with E-state index in [-0.39, 0.29) is 12.2 Å². The highest BCUT2D eigenvalue weighted by Gasteiger charge is 2.18. The van der Waals surface area contributed by atoms with Crippen LogP contribution in [0.2, 0.25) is 0 Å². The Kier molecular flexibility index (Phi) is 5.07. The summed E-state index contributed by atoms with van der Waals surface area (Å²) in [6.07, 6.45) is 2.43. The van der Waals surface area contributed by atoms with Crippen LogP contribution >= 0.6 is 0 Å². The van der Waals surface area contributed by atoms with Crippen LogP contribution in [-0.4, -0.2) is 25.4 Å². The van der Waals surface area contributed by atoms with Crippen LogP contribution in [0.1, 0.15) is 16.1 Å². The van der Waals surface area contributed by atoms with Gasteiger partial charge in [-0.25, -0.2) is 4.79 Å². The molecule has 2 aromatic heterocycles. The van der Waals surface area contributed by atoms with E-state index in [4.69, 9.17) is 0 Å². The van der Waals surface area contributed by atoms with Crippen molar-refractivity contribution < 1.29 is 14.1 Å². The SMILES string of the molecule is O=C(Nc1ccc(F)c([N+](=O)[O-])c1)c1c[nH]c(=O)n(Cc2ccccn2)c1=O. The first-order valence-corrected chi connectivity index (χ1v) is 7.84. The van der Waals surface area contributed by atoms with Gasteiger partial charge in [-0.3, -0.25) is 29.3 Å². The lowest BCUT2D eigenvalue weighted by Gasteiger charge is -2.08. The van der Waals surface area contributed by atoms with Crippen molar-refractivity contribution in [3.63, 3.8) is 0 Å². The number of pyridine rings is 1. The topological polar surface area (TPSA) is 140 Å². The predicted molar refractivity (Wildman–Crippen MR) is 95.7 cm³/mol. The molecule has 0 saturated carbocycles. The Bertz CT molecular complexity index is 1170. The molecule has 11 heteroatoms. The number of amides is 1. The molecule has 0 radical (unpaired) electrons. The van der Waals surface area contributed by atoms with Gasteiger partial charge in [0.1, 0.15) is 5.56 Å². The number of hydrogen-bond donors (Lipinski definition) is 2. The van der Waals surface area contributed by atoms with E-state index in [1.54, 1.807) is 18.2 Å². The molecule has 28 heavy (non-hydrogen) atoms. The number of nitro groups is 1. The second-order valence-corrected chi connectivity index (χ2v) is 5.60. The summed E-state index contributed by atoms with van der Waals surface area (Å²) in [7, 11) is 0. The first-order chi connectivity index (χ1) is 13.4. The molecule has 0 aliphatic rings. The number of carbonyl (C=O) groups is 1. The van der Waals surface area contributed by atoms with E-state index in [0.29, 0.717) is 5.69 Å². The molecule has 1 amide bonds. The third-order valence-electron chi connectivity index (χ3n) is 3.75. The van der Waals surface area contributed by atoms with Crippen molar-refractivity contribution in [2.45, 2.75) is 6.54 Å². The van der Waals surface area contributed by atoms with Crippen molar-refractivity contribution >= 4 is 17.3 Å². The molecule has 0 atom stereocenters. The highest BCUT2D eigenvalue weighted by molar-refractivity contribution is 6.03. The second-order valence-electron chi connectivity index (χ2n) is 5.60. The summed E-state index contributed by atoms with van der Waals surface area (Å²) >= 11 is 0. The Balaban J connectivity index is 1.92. The summed E-state index contributed by atoms with van der Waals surface area (Å²) in [5.41, 5.74) is -2.48. The average molecular weight is 385 g/mol. The number of aromatic nitrogens is 3. The van der Waals surface area contributed by atoms with Crippen molar-refractivity contribution in [3.05, 3.63) is 96.8 Å². The van der Waals surface area contributed by atoms with Crippen molar-refractivity contribution in [2.75, 3.05) is 5.32 Å². The summed E-state index contributed by atoms with van der Waals surface area (Å²) in [5, 5.41) is 13.1. The quantitative estimate of drug-likeness (QED) is 0.501. The monoisotopic (exact) mass is 385 g/mol. The number of aromatic amines is 1. The molecule has 3 rings (SSSR count). The number of nitrogens with zero attached hydrogens (tertiary/aromatic N) is 3. The zero-order valence-corrected chi connectivity index (χ0v) is 14.1. The maximum absolute atomic E-state index is 13.4. The number of nitrogens with one attached hydrogen (secondary N) is 2. The molecular formula is C17H12FN5O5. The minimum Gasteiger partial charge on any atom is -0.322 e. The minimum absolute atomic E-state index is 0.0834. The van der Waals surface area contributed by atoms with Gasteiger partial charge in [0.25, 0.3) is 11.5 Å². The Morgan fingerprint density at radius 2 is 2.07 bits per heavy atom. The van der Waals surface area contributed by atoms with E-state index in [1.807, 2.05) is 0 Å². The molecule has 0 saturated heterocycles. The van der Waals surface area contributed by atoms with Gasteiger partial charge < -0.3 is 10.3 Å². The van der Waals surface area contributed by atoms with Crippen molar-refractivity contribution in [1.29, 1.82) is 0 Å². The van der Waals surface area contributed by atoms with Crippen LogP contribution in [0.5, 0.6) is 0 Å². The van der Waals surface area contributed by atoms with Crippen molar-refractivity contribution in [2.24, 2.45) is 0 Å². The molecule has 0 aliphatic heterocycles. The average Bonchev–Trinajstić information content (AvgIpc) is 2.67. The summed E-state index contributed by atoms with van der Waals surface area (Å²) < 4.78 is 14.2. The molecule has 1 aromatic carbocycles. The third kappa shape index (κ3) is 3.82. The molecule has 0 aliphatic carbocycles. The minimum atomic E-state index is -1.07. The van der Waals surface area contributed by atoms with Gasteiger partial charge in [-0.05, 0) is 24.3 Å². The fraction of sp³-hybridized carbons (Fsp3) is 0.0588. The molecule has 3 aromatic rings. The largest absolute Gasteiger partial charge is 0.328 e. The maximum Gasteiger partial charge on any atom is 0.328 e. The van der Waals surface area contributed by atoms with E-state index >= 15 is 0 Å². The number of benzene rings is 1. The zero-order valence-electron chi connectivity index (χ0n) is 14.1. The number of rotatable bonds is 5. The molecule has 0 bridgehead atoms. The molecule has 0 fully saturated rings. The second kappa shape index (κ2) is 7.61. The van der Waals surface area contributed by atoms with E-state index < -0.39 is 39.1 Å². The van der Waals surface area contributed by atoms with E-state index in [1.165, 1.54) is 6.20 Å². The fourth-order valence-corrected chi connectivity index (χ4v) is 2.40. The Morgan fingerprint density at radius 3 is 2.75 bits per heavy atom. The first-order valence-electron chi connectivity index (χ1n) is 7.84. The molecule has 2 heterocycles. The van der Waals surface area contributed by atoms with Gasteiger partial charge in [-0.1, -0.05) is 6.07 Å². The number of hydrogen-bond acceptors (Lipinski definition) is 6. The smallest absolute Gasteiger partial charge is 0.322 e. The summed E-state index contributed by atoms with van der Waals surface area (Å²) in [6, 6.07) is 7.71. The van der Waals surface area contributed by atoms with Gasteiger partial charge in [0.05, 0.1) is 17.2 Å². The third-order valence-corrected chi connectivity index (χ3v) is 3.75. The van der Waals surface area contributed by atoms with Gasteiger partial charge in [0.15, 0.2) is 0 Å². The van der Waals surface area contributed by atoms with Crippen LogP contribution in [0.3, 0.4) is 0 Å². The van der Waals surface area contributed by atoms with Gasteiger partial charge >= 0.3 is 11.4 Å². The van der Waals surface area contributed by atoms with E-state index in [0.717, 1.165) is 29.0 Å². The van der Waals surface area contributed by atoms with Gasteiger partial charge in [-0.2, -0.15) is 4.39 Å². The van der Waals surface area contributed by atoms with E-state index in [2.05, 4.69) is 15.3 Å². The normalized spacial score (nSPS) is 10.5. The molecule has 0 spiro atoms. The fourth-order valence-electron chi connectivity index (χ4n) is 2.40. The van der Waals surface area contributed by atoms with Crippen LogP contribution in [-0.2, 0) is 6.54 Å². The Morgan fingerprint density at radius 1 is 1.29 bits per heavy atom. The van der Waals surface area contributed by atoms with Crippen molar-refractivity contribution in [1.82, 2.24) is 14.5 Å². The van der Waals surface area contributed by atoms with Crippen LogP contribution in [0, 0.1) is 15.9 Å². The molecule has 142 valence electrons. The highest BCUT2D eigenvalue weighted by atomic mass is 19.1. The van der Waals surface area contributed by atoms with Crippen LogP contribution < -0.4 is 16.6 Å². The number of anilines is 1. The number of carbonyl (C=O) groups excluding carboxylic acids is 1. The van der Waals surface area contributed by atoms with Gasteiger partial charge in [0, 0.05) is 24.1 Å².